The molecule has 2 aromatic carbocycles. The third-order valence-electron chi connectivity index (χ3n) is 6.33. The number of fused-ring (bicyclic) bond motifs is 1. The molecule has 1 N–H and O–H groups in total. The summed E-state index contributed by atoms with van der Waals surface area (Å²) >= 11 is 0. The van der Waals surface area contributed by atoms with Crippen molar-refractivity contribution in [3.8, 4) is 28.3 Å². The number of nitrogens with zero attached hydrogens (tertiary/aromatic N) is 7. The molecule has 0 radical (unpaired) electrons. The average Bonchev–Trinajstić information content (AvgIpc) is 3.54. The van der Waals surface area contributed by atoms with E-state index >= 15 is 0 Å². The van der Waals surface area contributed by atoms with E-state index in [4.69, 9.17) is 4.98 Å². The van der Waals surface area contributed by atoms with Gasteiger partial charge in [0.1, 0.15) is 11.2 Å². The highest BCUT2D eigenvalue weighted by Crippen LogP contribution is 2.27. The molecular weight excluding hydrogens is 464 g/mol. The summed E-state index contributed by atoms with van der Waals surface area (Å²) in [5.74, 6) is 0.934. The van der Waals surface area contributed by atoms with Gasteiger partial charge in [0, 0.05) is 23.5 Å². The summed E-state index contributed by atoms with van der Waals surface area (Å²) in [5, 5.41) is 8.49. The molecule has 9 nitrogen and oxygen atoms in total. The molecule has 0 aliphatic carbocycles. The third-order valence-corrected chi connectivity index (χ3v) is 6.33. The summed E-state index contributed by atoms with van der Waals surface area (Å²) < 4.78 is 3.36. The smallest absolute Gasteiger partial charge is 0.303 e. The highest BCUT2D eigenvalue weighted by Gasteiger charge is 2.15. The first-order valence-corrected chi connectivity index (χ1v) is 12.0. The van der Waals surface area contributed by atoms with E-state index < -0.39 is 0 Å². The number of aromatic amines is 1. The van der Waals surface area contributed by atoms with Gasteiger partial charge in [-0.3, -0.25) is 9.55 Å². The zero-order valence-electron chi connectivity index (χ0n) is 20.4. The van der Waals surface area contributed by atoms with E-state index in [-0.39, 0.29) is 5.69 Å². The van der Waals surface area contributed by atoms with Gasteiger partial charge in [-0.1, -0.05) is 55.5 Å². The molecule has 0 atom stereocenters. The molecule has 37 heavy (non-hydrogen) atoms. The number of benzene rings is 2. The van der Waals surface area contributed by atoms with Crippen LogP contribution in [0.5, 0.6) is 0 Å². The highest BCUT2D eigenvalue weighted by molar-refractivity contribution is 5.73. The van der Waals surface area contributed by atoms with Gasteiger partial charge in [-0.25, -0.2) is 19.4 Å². The first-order valence-electron chi connectivity index (χ1n) is 12.0. The fourth-order valence-electron chi connectivity index (χ4n) is 4.40. The summed E-state index contributed by atoms with van der Waals surface area (Å²) in [5.41, 5.74) is 6.59. The van der Waals surface area contributed by atoms with Gasteiger partial charge in [0.2, 0.25) is 0 Å². The van der Waals surface area contributed by atoms with Crippen LogP contribution in [0.4, 0.5) is 0 Å². The maximum Gasteiger partial charge on any atom is 0.328 e. The maximum absolute atomic E-state index is 12.8. The average molecular weight is 489 g/mol. The third kappa shape index (κ3) is 4.31. The summed E-state index contributed by atoms with van der Waals surface area (Å²) in [6.07, 6.45) is 7.03. The maximum atomic E-state index is 12.8. The molecule has 0 bridgehead atoms. The second kappa shape index (κ2) is 9.27. The van der Waals surface area contributed by atoms with Gasteiger partial charge < -0.3 is 4.98 Å². The number of imidazole rings is 1. The summed E-state index contributed by atoms with van der Waals surface area (Å²) in [6, 6.07) is 19.8. The Bertz CT molecular complexity index is 1750. The van der Waals surface area contributed by atoms with E-state index in [1.807, 2.05) is 60.8 Å². The second-order valence-corrected chi connectivity index (χ2v) is 9.15. The lowest BCUT2D eigenvalue weighted by molar-refractivity contribution is 0.773. The molecule has 6 rings (SSSR count). The van der Waals surface area contributed by atoms with Crippen molar-refractivity contribution in [3.63, 3.8) is 0 Å². The molecule has 182 valence electrons. The van der Waals surface area contributed by atoms with E-state index in [1.54, 1.807) is 27.8 Å². The van der Waals surface area contributed by atoms with Crippen LogP contribution in [-0.2, 0) is 6.54 Å². The number of hydrogen-bond acceptors (Lipinski definition) is 6. The summed E-state index contributed by atoms with van der Waals surface area (Å²) in [6.45, 7) is 4.66. The van der Waals surface area contributed by atoms with Crippen molar-refractivity contribution in [2.75, 3.05) is 0 Å². The molecule has 6 aromatic rings. The van der Waals surface area contributed by atoms with Gasteiger partial charge in [0.25, 0.3) is 0 Å². The fraction of sp³-hybridized carbons (Fsp3) is 0.143. The van der Waals surface area contributed by atoms with E-state index in [1.165, 1.54) is 5.56 Å². The summed E-state index contributed by atoms with van der Waals surface area (Å²) in [7, 11) is 0. The minimum absolute atomic E-state index is 0.222. The Hall–Kier alpha value is -4.92. The molecule has 4 aromatic heterocycles. The van der Waals surface area contributed by atoms with Crippen LogP contribution < -0.4 is 5.69 Å². The standard InChI is InChI=1S/C28H24N8O/c1-18(2)22-7-3-4-8-23(22)26-30-15-24-27(32-26)35(28(37)31-24)16-19-9-11-21(12-10-19)36-17-25(33-34-36)20-6-5-13-29-14-20/h3-15,17-18H,16H2,1-2H3,(H,31,37). The van der Waals surface area contributed by atoms with E-state index in [0.29, 0.717) is 29.5 Å². The number of H-pyrrole nitrogens is 1. The summed E-state index contributed by atoms with van der Waals surface area (Å²) in [4.78, 5) is 29.1. The SMILES string of the molecule is CC(C)c1ccccc1-c1ncc2[nH]c(=O)n(Cc3ccc(-n4cc(-c5cccnc5)nn4)cc3)c2n1. The Morgan fingerprint density at radius 3 is 2.59 bits per heavy atom. The molecule has 0 saturated carbocycles. The van der Waals surface area contributed by atoms with Crippen LogP contribution in [0.25, 0.3) is 39.5 Å². The van der Waals surface area contributed by atoms with E-state index in [9.17, 15) is 4.79 Å². The van der Waals surface area contributed by atoms with Crippen molar-refractivity contribution in [1.82, 2.24) is 39.5 Å². The largest absolute Gasteiger partial charge is 0.328 e. The van der Waals surface area contributed by atoms with Crippen molar-refractivity contribution >= 4 is 11.2 Å². The Kier molecular flexibility index (Phi) is 5.65. The molecule has 4 heterocycles. The second-order valence-electron chi connectivity index (χ2n) is 9.15. The lowest BCUT2D eigenvalue weighted by Gasteiger charge is -2.11. The van der Waals surface area contributed by atoms with Crippen molar-refractivity contribution in [2.45, 2.75) is 26.3 Å². The molecule has 0 fully saturated rings. The van der Waals surface area contributed by atoms with Crippen LogP contribution in [0.1, 0.15) is 30.9 Å². The first-order chi connectivity index (χ1) is 18.1. The molecule has 0 aliphatic heterocycles. The minimum atomic E-state index is -0.222. The quantitative estimate of drug-likeness (QED) is 0.367. The minimum Gasteiger partial charge on any atom is -0.303 e. The lowest BCUT2D eigenvalue weighted by Crippen LogP contribution is -2.17. The van der Waals surface area contributed by atoms with E-state index in [2.05, 4.69) is 45.2 Å². The number of nitrogens with one attached hydrogen (secondary N) is 1. The Balaban J connectivity index is 1.30. The number of hydrogen-bond donors (Lipinski definition) is 1. The molecular formula is C28H24N8O. The predicted octanol–water partition coefficient (Wildman–Crippen LogP) is 4.60. The van der Waals surface area contributed by atoms with Gasteiger partial charge in [-0.05, 0) is 41.3 Å². The zero-order chi connectivity index (χ0) is 25.4. The van der Waals surface area contributed by atoms with Gasteiger partial charge in [-0.15, -0.1) is 5.10 Å². The molecule has 0 saturated heterocycles. The molecule has 0 aliphatic rings. The zero-order valence-corrected chi connectivity index (χ0v) is 20.4. The topological polar surface area (TPSA) is 107 Å². The predicted molar refractivity (Wildman–Crippen MR) is 141 cm³/mol. The van der Waals surface area contributed by atoms with Crippen LogP contribution in [0, 0.1) is 0 Å². The van der Waals surface area contributed by atoms with E-state index in [0.717, 1.165) is 28.1 Å². The Labute approximate surface area is 212 Å². The number of aromatic nitrogens is 8. The van der Waals surface area contributed by atoms with Crippen molar-refractivity contribution < 1.29 is 0 Å². The van der Waals surface area contributed by atoms with Crippen LogP contribution in [0.2, 0.25) is 0 Å². The highest BCUT2D eigenvalue weighted by atomic mass is 16.1. The Morgan fingerprint density at radius 1 is 0.973 bits per heavy atom. The monoisotopic (exact) mass is 488 g/mol. The van der Waals surface area contributed by atoms with Gasteiger partial charge in [0.05, 0.1) is 24.6 Å². The normalized spacial score (nSPS) is 11.4. The fourth-order valence-corrected chi connectivity index (χ4v) is 4.40. The molecule has 0 unspecified atom stereocenters. The molecule has 0 spiro atoms. The number of rotatable bonds is 6. The van der Waals surface area contributed by atoms with Gasteiger partial charge in [0.15, 0.2) is 11.5 Å². The lowest BCUT2D eigenvalue weighted by atomic mass is 9.97. The molecule has 0 amide bonds. The van der Waals surface area contributed by atoms with Gasteiger partial charge >= 0.3 is 5.69 Å². The van der Waals surface area contributed by atoms with Crippen molar-refractivity contribution in [2.24, 2.45) is 0 Å². The van der Waals surface area contributed by atoms with Crippen LogP contribution in [-0.4, -0.2) is 39.5 Å². The number of pyridine rings is 1. The van der Waals surface area contributed by atoms with Gasteiger partial charge in [-0.2, -0.15) is 0 Å². The van der Waals surface area contributed by atoms with Crippen molar-refractivity contribution in [3.05, 3.63) is 107 Å². The van der Waals surface area contributed by atoms with Crippen LogP contribution in [0.15, 0.2) is 90.2 Å². The van der Waals surface area contributed by atoms with Crippen LogP contribution >= 0.6 is 0 Å². The van der Waals surface area contributed by atoms with Crippen LogP contribution in [0.3, 0.4) is 0 Å². The molecule has 9 heteroatoms. The first kappa shape index (κ1) is 22.5. The Morgan fingerprint density at radius 2 is 1.81 bits per heavy atom. The van der Waals surface area contributed by atoms with Crippen molar-refractivity contribution in [1.29, 1.82) is 0 Å².